The summed E-state index contributed by atoms with van der Waals surface area (Å²) in [6.07, 6.45) is 1.25. The second-order valence-electron chi connectivity index (χ2n) is 3.08. The van der Waals surface area contributed by atoms with Crippen LogP contribution >= 0.6 is 0 Å². The minimum atomic E-state index is -0.483. The van der Waals surface area contributed by atoms with Gasteiger partial charge in [0.05, 0.1) is 6.61 Å². The first-order valence-electron chi connectivity index (χ1n) is 4.91. The number of nitrogens with one attached hydrogen (secondary N) is 1. The van der Waals surface area contributed by atoms with Crippen molar-refractivity contribution >= 4 is 17.9 Å². The largest absolute Gasteiger partial charge is 0.447 e. The molecule has 4 heteroatoms. The zero-order chi connectivity index (χ0) is 11.8. The van der Waals surface area contributed by atoms with Crippen LogP contribution in [0.2, 0.25) is 0 Å². The molecule has 0 aliphatic heterocycles. The molecule has 0 aliphatic carbocycles. The lowest BCUT2D eigenvalue weighted by atomic mass is 10.2. The van der Waals surface area contributed by atoms with Gasteiger partial charge in [-0.3, -0.25) is 5.32 Å². The topological polar surface area (TPSA) is 47.6 Å². The van der Waals surface area contributed by atoms with E-state index in [9.17, 15) is 4.79 Å². The van der Waals surface area contributed by atoms with E-state index in [1.165, 1.54) is 0 Å². The molecule has 16 heavy (non-hydrogen) atoms. The molecule has 4 nitrogen and oxygen atoms in total. The number of anilines is 1. The highest BCUT2D eigenvalue weighted by atomic mass is 16.6. The van der Waals surface area contributed by atoms with Gasteiger partial charge in [0.1, 0.15) is 6.61 Å². The Balaban J connectivity index is 2.40. The summed E-state index contributed by atoms with van der Waals surface area (Å²) in [6, 6.07) is 7.29. The second-order valence-corrected chi connectivity index (χ2v) is 3.08. The smallest absolute Gasteiger partial charge is 0.411 e. The molecule has 1 aromatic rings. The Morgan fingerprint density at radius 3 is 2.62 bits per heavy atom. The van der Waals surface area contributed by atoms with Crippen LogP contribution in [0.25, 0.3) is 6.08 Å². The van der Waals surface area contributed by atoms with Gasteiger partial charge in [-0.15, -0.1) is 0 Å². The zero-order valence-electron chi connectivity index (χ0n) is 9.23. The van der Waals surface area contributed by atoms with E-state index < -0.39 is 6.09 Å². The van der Waals surface area contributed by atoms with Crippen LogP contribution in [-0.2, 0) is 9.47 Å². The molecule has 1 aromatic carbocycles. The molecule has 0 aromatic heterocycles. The third-order valence-electron chi connectivity index (χ3n) is 1.91. The molecule has 0 spiro atoms. The average Bonchev–Trinajstić information content (AvgIpc) is 2.30. The van der Waals surface area contributed by atoms with E-state index >= 15 is 0 Å². The number of benzene rings is 1. The number of carbonyl (C=O) groups is 1. The van der Waals surface area contributed by atoms with E-state index in [4.69, 9.17) is 9.47 Å². The molecule has 86 valence electrons. The summed E-state index contributed by atoms with van der Waals surface area (Å²) in [7, 11) is 1.55. The van der Waals surface area contributed by atoms with Gasteiger partial charge in [-0.2, -0.15) is 0 Å². The highest BCUT2D eigenvalue weighted by Crippen LogP contribution is 2.10. The highest BCUT2D eigenvalue weighted by molar-refractivity contribution is 5.84. The fourth-order valence-electron chi connectivity index (χ4n) is 1.07. The van der Waals surface area contributed by atoms with E-state index in [1.807, 2.05) is 12.1 Å². The van der Waals surface area contributed by atoms with Crippen molar-refractivity contribution in [2.75, 3.05) is 25.6 Å². The highest BCUT2D eigenvalue weighted by Gasteiger charge is 2.01. The van der Waals surface area contributed by atoms with E-state index in [0.717, 1.165) is 5.56 Å². The van der Waals surface area contributed by atoms with Gasteiger partial charge in [0.2, 0.25) is 0 Å². The lowest BCUT2D eigenvalue weighted by Crippen LogP contribution is -2.16. The number of ether oxygens (including phenoxy) is 2. The summed E-state index contributed by atoms with van der Waals surface area (Å²) in [6.45, 7) is 4.28. The van der Waals surface area contributed by atoms with Crippen molar-refractivity contribution < 1.29 is 14.3 Å². The molecule has 1 rings (SSSR count). The van der Waals surface area contributed by atoms with Crippen molar-refractivity contribution in [1.29, 1.82) is 0 Å². The molecule has 1 amide bonds. The number of carbonyl (C=O) groups excluding carboxylic acids is 1. The van der Waals surface area contributed by atoms with Crippen molar-refractivity contribution in [2.45, 2.75) is 0 Å². The monoisotopic (exact) mass is 221 g/mol. The maximum atomic E-state index is 11.2. The third kappa shape index (κ3) is 4.14. The number of rotatable bonds is 5. The Kier molecular flexibility index (Phi) is 5.08. The van der Waals surface area contributed by atoms with Gasteiger partial charge in [0.15, 0.2) is 0 Å². The van der Waals surface area contributed by atoms with Crippen molar-refractivity contribution in [3.63, 3.8) is 0 Å². The zero-order valence-corrected chi connectivity index (χ0v) is 9.23. The molecule has 0 heterocycles. The van der Waals surface area contributed by atoms with Gasteiger partial charge in [-0.1, -0.05) is 24.8 Å². The van der Waals surface area contributed by atoms with Crippen LogP contribution in [0, 0.1) is 0 Å². The van der Waals surface area contributed by atoms with Crippen LogP contribution in [0.15, 0.2) is 30.8 Å². The van der Waals surface area contributed by atoms with Crippen LogP contribution in [0.5, 0.6) is 0 Å². The number of amides is 1. The first-order valence-corrected chi connectivity index (χ1v) is 4.91. The van der Waals surface area contributed by atoms with Gasteiger partial charge in [-0.25, -0.2) is 4.79 Å². The Labute approximate surface area is 94.9 Å². The first-order chi connectivity index (χ1) is 7.76. The minimum Gasteiger partial charge on any atom is -0.447 e. The van der Waals surface area contributed by atoms with Crippen molar-refractivity contribution in [2.24, 2.45) is 0 Å². The van der Waals surface area contributed by atoms with Crippen LogP contribution in [-0.4, -0.2) is 26.4 Å². The minimum absolute atomic E-state index is 0.243. The fourth-order valence-corrected chi connectivity index (χ4v) is 1.07. The quantitative estimate of drug-likeness (QED) is 0.777. The molecule has 0 fully saturated rings. The van der Waals surface area contributed by atoms with Gasteiger partial charge in [-0.05, 0) is 17.7 Å². The summed E-state index contributed by atoms with van der Waals surface area (Å²) in [5, 5.41) is 2.60. The van der Waals surface area contributed by atoms with Gasteiger partial charge < -0.3 is 9.47 Å². The van der Waals surface area contributed by atoms with Gasteiger partial charge in [0.25, 0.3) is 0 Å². The van der Waals surface area contributed by atoms with Crippen LogP contribution in [0.1, 0.15) is 5.56 Å². The summed E-state index contributed by atoms with van der Waals surface area (Å²) >= 11 is 0. The molecule has 0 unspecified atom stereocenters. The van der Waals surface area contributed by atoms with Crippen LogP contribution < -0.4 is 5.32 Å². The Morgan fingerprint density at radius 2 is 2.06 bits per heavy atom. The van der Waals surface area contributed by atoms with Crippen LogP contribution in [0.4, 0.5) is 10.5 Å². The van der Waals surface area contributed by atoms with Gasteiger partial charge in [0, 0.05) is 12.8 Å². The Hall–Kier alpha value is -1.81. The molecular weight excluding hydrogens is 206 g/mol. The lowest BCUT2D eigenvalue weighted by molar-refractivity contribution is 0.107. The lowest BCUT2D eigenvalue weighted by Gasteiger charge is -2.06. The summed E-state index contributed by atoms with van der Waals surface area (Å²) in [5.41, 5.74) is 1.69. The van der Waals surface area contributed by atoms with Crippen molar-refractivity contribution in [3.05, 3.63) is 36.4 Å². The molecule has 0 aliphatic rings. The average molecular weight is 221 g/mol. The SMILES string of the molecule is C=Cc1ccc(NC(=O)OCCOC)cc1. The maximum Gasteiger partial charge on any atom is 0.411 e. The summed E-state index contributed by atoms with van der Waals surface area (Å²) in [4.78, 5) is 11.2. The first kappa shape index (κ1) is 12.3. The summed E-state index contributed by atoms with van der Waals surface area (Å²) < 4.78 is 9.60. The predicted octanol–water partition coefficient (Wildman–Crippen LogP) is 2.52. The second kappa shape index (κ2) is 6.63. The fraction of sp³-hybridized carbons (Fsp3) is 0.250. The molecule has 0 atom stereocenters. The van der Waals surface area contributed by atoms with Crippen molar-refractivity contribution in [1.82, 2.24) is 0 Å². The predicted molar refractivity (Wildman–Crippen MR) is 63.4 cm³/mol. The maximum absolute atomic E-state index is 11.2. The Morgan fingerprint density at radius 1 is 1.38 bits per heavy atom. The molecular formula is C12H15NO3. The number of hydrogen-bond donors (Lipinski definition) is 1. The summed E-state index contributed by atoms with van der Waals surface area (Å²) in [5.74, 6) is 0. The Bertz CT molecular complexity index is 346. The molecule has 0 radical (unpaired) electrons. The van der Waals surface area contributed by atoms with E-state index in [-0.39, 0.29) is 6.61 Å². The van der Waals surface area contributed by atoms with E-state index in [2.05, 4.69) is 11.9 Å². The number of methoxy groups -OCH3 is 1. The van der Waals surface area contributed by atoms with E-state index in [0.29, 0.717) is 12.3 Å². The molecule has 0 bridgehead atoms. The normalized spacial score (nSPS) is 9.56. The van der Waals surface area contributed by atoms with Gasteiger partial charge >= 0.3 is 6.09 Å². The van der Waals surface area contributed by atoms with Crippen molar-refractivity contribution in [3.8, 4) is 0 Å². The molecule has 1 N–H and O–H groups in total. The van der Waals surface area contributed by atoms with E-state index in [1.54, 1.807) is 25.3 Å². The standard InChI is InChI=1S/C12H15NO3/c1-3-10-4-6-11(7-5-10)13-12(14)16-9-8-15-2/h3-7H,1,8-9H2,2H3,(H,13,14). The molecule has 0 saturated heterocycles. The van der Waals surface area contributed by atoms with Crippen LogP contribution in [0.3, 0.4) is 0 Å². The number of hydrogen-bond acceptors (Lipinski definition) is 3. The molecule has 0 saturated carbocycles. The third-order valence-corrected chi connectivity index (χ3v) is 1.91.